The molecule has 0 aliphatic carbocycles. The summed E-state index contributed by atoms with van der Waals surface area (Å²) in [6.45, 7) is 4.07. The molecule has 3 N–H and O–H groups in total. The lowest BCUT2D eigenvalue weighted by molar-refractivity contribution is 1.06. The Bertz CT molecular complexity index is 336. The highest BCUT2D eigenvalue weighted by atomic mass is 32.2. The van der Waals surface area contributed by atoms with Crippen molar-refractivity contribution in [3.8, 4) is 0 Å². The normalized spacial score (nSPS) is 10.1. The molecule has 0 atom stereocenters. The van der Waals surface area contributed by atoms with Gasteiger partial charge in [0.2, 0.25) is 0 Å². The van der Waals surface area contributed by atoms with Crippen LogP contribution in [0.1, 0.15) is 24.5 Å². The van der Waals surface area contributed by atoms with E-state index in [-0.39, 0.29) is 5.84 Å². The van der Waals surface area contributed by atoms with Crippen molar-refractivity contribution in [2.75, 3.05) is 5.75 Å². The van der Waals surface area contributed by atoms with Gasteiger partial charge in [0, 0.05) is 6.20 Å². The van der Waals surface area contributed by atoms with Gasteiger partial charge >= 0.3 is 0 Å². The maximum absolute atomic E-state index is 7.48. The van der Waals surface area contributed by atoms with E-state index >= 15 is 0 Å². The first-order valence-electron chi connectivity index (χ1n) is 4.59. The third-order valence-corrected chi connectivity index (χ3v) is 3.03. The standard InChI is InChI=1S/C10H15N3S/c1-3-6-14-10-8(9(11)12)7(2)4-5-13-10/h4-5H,3,6H2,1-2H3,(H3,11,12). The van der Waals surface area contributed by atoms with Crippen molar-refractivity contribution in [2.45, 2.75) is 25.3 Å². The highest BCUT2D eigenvalue weighted by Gasteiger charge is 2.09. The average molecular weight is 209 g/mol. The van der Waals surface area contributed by atoms with Gasteiger partial charge < -0.3 is 5.73 Å². The largest absolute Gasteiger partial charge is 0.384 e. The summed E-state index contributed by atoms with van der Waals surface area (Å²) in [5, 5.41) is 8.35. The van der Waals surface area contributed by atoms with E-state index in [0.29, 0.717) is 0 Å². The molecule has 0 fully saturated rings. The van der Waals surface area contributed by atoms with Gasteiger partial charge in [0.05, 0.1) is 5.56 Å². The topological polar surface area (TPSA) is 62.8 Å². The van der Waals surface area contributed by atoms with E-state index in [1.54, 1.807) is 18.0 Å². The minimum atomic E-state index is 0.106. The molecule has 3 nitrogen and oxygen atoms in total. The number of aromatic nitrogens is 1. The van der Waals surface area contributed by atoms with Gasteiger partial charge in [0.15, 0.2) is 0 Å². The number of nitrogen functional groups attached to an aromatic ring is 1. The van der Waals surface area contributed by atoms with Crippen LogP contribution in [-0.4, -0.2) is 16.6 Å². The minimum absolute atomic E-state index is 0.106. The molecule has 1 aromatic rings. The van der Waals surface area contributed by atoms with Gasteiger partial charge in [-0.25, -0.2) is 4.98 Å². The lowest BCUT2D eigenvalue weighted by atomic mass is 10.1. The van der Waals surface area contributed by atoms with Crippen LogP contribution < -0.4 is 5.73 Å². The Kier molecular flexibility index (Phi) is 3.95. The van der Waals surface area contributed by atoms with Gasteiger partial charge in [-0.3, -0.25) is 5.41 Å². The summed E-state index contributed by atoms with van der Waals surface area (Å²) in [7, 11) is 0. The lowest BCUT2D eigenvalue weighted by Gasteiger charge is -2.08. The van der Waals surface area contributed by atoms with Crippen molar-refractivity contribution >= 4 is 17.6 Å². The number of pyridine rings is 1. The number of hydrogen-bond acceptors (Lipinski definition) is 3. The van der Waals surface area contributed by atoms with E-state index in [4.69, 9.17) is 11.1 Å². The predicted molar refractivity (Wildman–Crippen MR) is 61.0 cm³/mol. The Morgan fingerprint density at radius 3 is 2.93 bits per heavy atom. The molecule has 14 heavy (non-hydrogen) atoms. The van der Waals surface area contributed by atoms with Gasteiger partial charge in [-0.2, -0.15) is 0 Å². The zero-order valence-corrected chi connectivity index (χ0v) is 9.32. The molecule has 0 aliphatic heterocycles. The summed E-state index contributed by atoms with van der Waals surface area (Å²) in [6, 6.07) is 1.88. The lowest BCUT2D eigenvalue weighted by Crippen LogP contribution is -2.15. The number of amidine groups is 1. The number of thioether (sulfide) groups is 1. The fraction of sp³-hybridized carbons (Fsp3) is 0.400. The van der Waals surface area contributed by atoms with Crippen LogP contribution in [0.3, 0.4) is 0 Å². The van der Waals surface area contributed by atoms with Gasteiger partial charge in [0.25, 0.3) is 0 Å². The minimum Gasteiger partial charge on any atom is -0.384 e. The monoisotopic (exact) mass is 209 g/mol. The molecule has 4 heteroatoms. The number of nitrogens with two attached hydrogens (primary N) is 1. The zero-order chi connectivity index (χ0) is 10.6. The maximum atomic E-state index is 7.48. The molecule has 0 aromatic carbocycles. The van der Waals surface area contributed by atoms with E-state index in [9.17, 15) is 0 Å². The summed E-state index contributed by atoms with van der Waals surface area (Å²) in [4.78, 5) is 4.24. The van der Waals surface area contributed by atoms with Crippen LogP contribution >= 0.6 is 11.8 Å². The van der Waals surface area contributed by atoms with Crippen molar-refractivity contribution in [2.24, 2.45) is 5.73 Å². The molecule has 0 radical (unpaired) electrons. The fourth-order valence-electron chi connectivity index (χ4n) is 1.17. The number of rotatable bonds is 4. The molecule has 1 heterocycles. The quantitative estimate of drug-likeness (QED) is 0.454. The smallest absolute Gasteiger partial charge is 0.125 e. The Balaban J connectivity index is 3.02. The third-order valence-electron chi connectivity index (χ3n) is 1.84. The second-order valence-corrected chi connectivity index (χ2v) is 4.15. The van der Waals surface area contributed by atoms with Gasteiger partial charge in [-0.05, 0) is 30.7 Å². The molecule has 0 saturated heterocycles. The van der Waals surface area contributed by atoms with Gasteiger partial charge in [0.1, 0.15) is 10.9 Å². The summed E-state index contributed by atoms with van der Waals surface area (Å²) in [6.07, 6.45) is 2.86. The molecule has 1 aromatic heterocycles. The van der Waals surface area contributed by atoms with Crippen molar-refractivity contribution in [3.63, 3.8) is 0 Å². The summed E-state index contributed by atoms with van der Waals surface area (Å²) in [5.74, 6) is 1.12. The molecule has 0 spiro atoms. The fourth-order valence-corrected chi connectivity index (χ4v) is 2.12. The van der Waals surface area contributed by atoms with Crippen molar-refractivity contribution < 1.29 is 0 Å². The molecular weight excluding hydrogens is 194 g/mol. The summed E-state index contributed by atoms with van der Waals surface area (Å²) in [5.41, 5.74) is 7.32. The molecule has 0 bridgehead atoms. The molecule has 0 aliphatic rings. The first-order chi connectivity index (χ1) is 6.66. The highest BCUT2D eigenvalue weighted by molar-refractivity contribution is 7.99. The molecule has 76 valence electrons. The number of hydrogen-bond donors (Lipinski definition) is 2. The Morgan fingerprint density at radius 1 is 1.64 bits per heavy atom. The van der Waals surface area contributed by atoms with Crippen LogP contribution in [0.25, 0.3) is 0 Å². The van der Waals surface area contributed by atoms with Gasteiger partial charge in [-0.1, -0.05) is 6.92 Å². The number of aryl methyl sites for hydroxylation is 1. The molecule has 0 saturated carbocycles. The Morgan fingerprint density at radius 2 is 2.36 bits per heavy atom. The van der Waals surface area contributed by atoms with Crippen LogP contribution in [0.5, 0.6) is 0 Å². The number of nitrogens with zero attached hydrogens (tertiary/aromatic N) is 1. The zero-order valence-electron chi connectivity index (χ0n) is 8.50. The first kappa shape index (κ1) is 11.0. The van der Waals surface area contributed by atoms with Crippen molar-refractivity contribution in [3.05, 3.63) is 23.4 Å². The second kappa shape index (κ2) is 5.00. The summed E-state index contributed by atoms with van der Waals surface area (Å²) < 4.78 is 0. The Labute approximate surface area is 88.6 Å². The van der Waals surface area contributed by atoms with Crippen LogP contribution in [0.15, 0.2) is 17.3 Å². The highest BCUT2D eigenvalue weighted by Crippen LogP contribution is 2.22. The van der Waals surface area contributed by atoms with E-state index < -0.39 is 0 Å². The van der Waals surface area contributed by atoms with Crippen molar-refractivity contribution in [1.29, 1.82) is 5.41 Å². The molecule has 1 rings (SSSR count). The van der Waals surface area contributed by atoms with Gasteiger partial charge in [-0.15, -0.1) is 11.8 Å². The SMILES string of the molecule is CCCSc1nccc(C)c1C(=N)N. The Hall–Kier alpha value is -1.03. The second-order valence-electron chi connectivity index (χ2n) is 3.07. The first-order valence-corrected chi connectivity index (χ1v) is 5.58. The van der Waals surface area contributed by atoms with Crippen molar-refractivity contribution in [1.82, 2.24) is 4.98 Å². The molecule has 0 unspecified atom stereocenters. The van der Waals surface area contributed by atoms with Crippen LogP contribution in [0.4, 0.5) is 0 Å². The van der Waals surface area contributed by atoms with E-state index in [1.807, 2.05) is 13.0 Å². The number of nitrogens with one attached hydrogen (secondary N) is 1. The average Bonchev–Trinajstić information content (AvgIpc) is 2.14. The third kappa shape index (κ3) is 2.48. The summed E-state index contributed by atoms with van der Waals surface area (Å²) >= 11 is 1.66. The molecule has 0 amide bonds. The van der Waals surface area contributed by atoms with E-state index in [2.05, 4.69) is 11.9 Å². The van der Waals surface area contributed by atoms with E-state index in [1.165, 1.54) is 0 Å². The molecular formula is C10H15N3S. The van der Waals surface area contributed by atoms with Crippen LogP contribution in [0.2, 0.25) is 0 Å². The maximum Gasteiger partial charge on any atom is 0.125 e. The van der Waals surface area contributed by atoms with Crippen LogP contribution in [-0.2, 0) is 0 Å². The van der Waals surface area contributed by atoms with Crippen LogP contribution in [0, 0.1) is 12.3 Å². The predicted octanol–water partition coefficient (Wildman–Crippen LogP) is 2.18. The van der Waals surface area contributed by atoms with E-state index in [0.717, 1.165) is 28.3 Å².